The molecule has 0 atom stereocenters. The fourth-order valence-corrected chi connectivity index (χ4v) is 1.99. The summed E-state index contributed by atoms with van der Waals surface area (Å²) in [4.78, 5) is 21.2. The van der Waals surface area contributed by atoms with Crippen LogP contribution in [-0.2, 0) is 0 Å². The van der Waals surface area contributed by atoms with Crippen LogP contribution in [0.5, 0.6) is 0 Å². The third-order valence-corrected chi connectivity index (χ3v) is 3.17. The summed E-state index contributed by atoms with van der Waals surface area (Å²) >= 11 is 5.82. The summed E-state index contributed by atoms with van der Waals surface area (Å²) in [7, 11) is 0. The Morgan fingerprint density at radius 3 is 2.43 bits per heavy atom. The summed E-state index contributed by atoms with van der Waals surface area (Å²) in [6.45, 7) is 0. The summed E-state index contributed by atoms with van der Waals surface area (Å²) in [6, 6.07) is 10.3. The van der Waals surface area contributed by atoms with E-state index in [2.05, 4.69) is 0 Å². The van der Waals surface area contributed by atoms with Gasteiger partial charge in [-0.25, -0.2) is 4.79 Å². The predicted molar refractivity (Wildman–Crippen MR) is 75.2 cm³/mol. The maximum absolute atomic E-state index is 11.0. The Balaban J connectivity index is 2.61. The van der Waals surface area contributed by atoms with E-state index >= 15 is 0 Å². The number of carboxylic acids is 1. The molecule has 0 amide bonds. The highest BCUT2D eigenvalue weighted by atomic mass is 35.5. The number of nitrogens with zero attached hydrogens (tertiary/aromatic N) is 2. The molecule has 0 saturated heterocycles. The van der Waals surface area contributed by atoms with E-state index in [0.717, 1.165) is 12.1 Å². The Hall–Kier alpha value is -2.91. The van der Waals surface area contributed by atoms with Crippen LogP contribution < -0.4 is 0 Å². The van der Waals surface area contributed by atoms with Crippen molar-refractivity contribution in [3.05, 3.63) is 62.7 Å². The van der Waals surface area contributed by atoms with Gasteiger partial charge in [-0.15, -0.1) is 0 Å². The first kappa shape index (κ1) is 14.5. The molecule has 0 aromatic heterocycles. The van der Waals surface area contributed by atoms with Crippen LogP contribution in [-0.4, -0.2) is 16.0 Å². The highest BCUT2D eigenvalue weighted by molar-refractivity contribution is 6.31. The van der Waals surface area contributed by atoms with Crippen molar-refractivity contribution in [2.75, 3.05) is 0 Å². The maximum atomic E-state index is 11.0. The van der Waals surface area contributed by atoms with E-state index in [1.165, 1.54) is 18.2 Å². The van der Waals surface area contributed by atoms with Gasteiger partial charge in [0.25, 0.3) is 5.69 Å². The lowest BCUT2D eigenvalue weighted by molar-refractivity contribution is -0.385. The molecule has 2 aromatic rings. The molecule has 0 fully saturated rings. The number of rotatable bonds is 3. The molecule has 0 radical (unpaired) electrons. The molecular weight excluding hydrogens is 296 g/mol. The van der Waals surface area contributed by atoms with Gasteiger partial charge in [0.15, 0.2) is 0 Å². The predicted octanol–water partition coefficient (Wildman–Crippen LogP) is 3.49. The molecule has 0 bridgehead atoms. The molecule has 0 saturated carbocycles. The van der Waals surface area contributed by atoms with Gasteiger partial charge in [-0.05, 0) is 29.3 Å². The zero-order valence-electron chi connectivity index (χ0n) is 10.4. The second-order valence-corrected chi connectivity index (χ2v) is 4.51. The zero-order chi connectivity index (χ0) is 15.6. The highest BCUT2D eigenvalue weighted by Crippen LogP contribution is 2.29. The molecule has 2 aromatic carbocycles. The number of hydrogen-bond donors (Lipinski definition) is 1. The van der Waals surface area contributed by atoms with Crippen LogP contribution in [0.25, 0.3) is 11.1 Å². The molecular formula is C14H7ClN2O4. The van der Waals surface area contributed by atoms with E-state index < -0.39 is 22.1 Å². The zero-order valence-corrected chi connectivity index (χ0v) is 11.2. The van der Waals surface area contributed by atoms with Gasteiger partial charge in [0.05, 0.1) is 15.5 Å². The van der Waals surface area contributed by atoms with Gasteiger partial charge in [0.2, 0.25) is 0 Å². The van der Waals surface area contributed by atoms with Crippen molar-refractivity contribution in [1.82, 2.24) is 0 Å². The summed E-state index contributed by atoms with van der Waals surface area (Å²) in [5, 5.41) is 29.1. The average Bonchev–Trinajstić information content (AvgIpc) is 2.47. The Morgan fingerprint density at radius 2 is 1.86 bits per heavy atom. The summed E-state index contributed by atoms with van der Waals surface area (Å²) < 4.78 is 0. The van der Waals surface area contributed by atoms with Crippen LogP contribution in [0.15, 0.2) is 36.4 Å². The van der Waals surface area contributed by atoms with Crippen LogP contribution in [0.4, 0.5) is 5.69 Å². The number of benzene rings is 2. The Morgan fingerprint density at radius 1 is 1.24 bits per heavy atom. The second-order valence-electron chi connectivity index (χ2n) is 4.10. The van der Waals surface area contributed by atoms with Gasteiger partial charge in [-0.2, -0.15) is 5.26 Å². The van der Waals surface area contributed by atoms with E-state index in [0.29, 0.717) is 11.1 Å². The molecule has 0 aliphatic rings. The minimum Gasteiger partial charge on any atom is -0.477 e. The van der Waals surface area contributed by atoms with Crippen molar-refractivity contribution in [3.8, 4) is 17.2 Å². The first-order chi connectivity index (χ1) is 9.93. The molecule has 0 unspecified atom stereocenters. The van der Waals surface area contributed by atoms with Gasteiger partial charge in [-0.1, -0.05) is 23.7 Å². The SMILES string of the molecule is N#Cc1cc(-c2ccc(C(=O)O)c([N+](=O)[O-])c2)ccc1Cl. The largest absolute Gasteiger partial charge is 0.477 e. The van der Waals surface area contributed by atoms with Crippen molar-refractivity contribution in [1.29, 1.82) is 5.26 Å². The van der Waals surface area contributed by atoms with Crippen LogP contribution in [0.1, 0.15) is 15.9 Å². The fourth-order valence-electron chi connectivity index (χ4n) is 1.83. The van der Waals surface area contributed by atoms with Gasteiger partial charge in [-0.3, -0.25) is 10.1 Å². The van der Waals surface area contributed by atoms with E-state index in [9.17, 15) is 14.9 Å². The van der Waals surface area contributed by atoms with E-state index in [1.807, 2.05) is 6.07 Å². The number of aromatic carboxylic acids is 1. The normalized spacial score (nSPS) is 9.90. The monoisotopic (exact) mass is 302 g/mol. The van der Waals surface area contributed by atoms with Crippen molar-refractivity contribution in [3.63, 3.8) is 0 Å². The molecule has 0 aliphatic carbocycles. The smallest absolute Gasteiger partial charge is 0.342 e. The van der Waals surface area contributed by atoms with E-state index in [-0.39, 0.29) is 10.6 Å². The minimum absolute atomic E-state index is 0.235. The number of nitro benzene ring substituents is 1. The standard InChI is InChI=1S/C14H7ClN2O4/c15-12-4-2-8(5-10(12)7-16)9-1-3-11(14(18)19)13(6-9)17(20)21/h1-6H,(H,18,19). The molecule has 1 N–H and O–H groups in total. The van der Waals surface area contributed by atoms with Crippen molar-refractivity contribution in [2.45, 2.75) is 0 Å². The second kappa shape index (κ2) is 5.61. The molecule has 21 heavy (non-hydrogen) atoms. The quantitative estimate of drug-likeness (QED) is 0.690. The fraction of sp³-hybridized carbons (Fsp3) is 0. The topological polar surface area (TPSA) is 104 Å². The van der Waals surface area contributed by atoms with Gasteiger partial charge in [0.1, 0.15) is 11.6 Å². The van der Waals surface area contributed by atoms with Crippen molar-refractivity contribution >= 4 is 23.3 Å². The van der Waals surface area contributed by atoms with Gasteiger partial charge < -0.3 is 5.11 Å². The van der Waals surface area contributed by atoms with Crippen molar-refractivity contribution in [2.24, 2.45) is 0 Å². The number of nitriles is 1. The third kappa shape index (κ3) is 2.83. The highest BCUT2D eigenvalue weighted by Gasteiger charge is 2.20. The maximum Gasteiger partial charge on any atom is 0.342 e. The lowest BCUT2D eigenvalue weighted by Gasteiger charge is -2.05. The van der Waals surface area contributed by atoms with E-state index in [1.54, 1.807) is 6.07 Å². The minimum atomic E-state index is -1.37. The number of carboxylic acid groups (broad SMARTS) is 1. The number of nitro groups is 1. The molecule has 104 valence electrons. The average molecular weight is 303 g/mol. The number of carbonyl (C=O) groups is 1. The molecule has 0 aliphatic heterocycles. The summed E-state index contributed by atoms with van der Waals surface area (Å²) in [6.07, 6.45) is 0. The van der Waals surface area contributed by atoms with Gasteiger partial charge >= 0.3 is 5.97 Å². The first-order valence-corrected chi connectivity index (χ1v) is 6.03. The van der Waals surface area contributed by atoms with Crippen LogP contribution in [0.2, 0.25) is 5.02 Å². The Labute approximate surface area is 124 Å². The molecule has 0 spiro atoms. The molecule has 6 nitrogen and oxygen atoms in total. The lowest BCUT2D eigenvalue weighted by Crippen LogP contribution is -2.02. The number of halogens is 1. The number of hydrogen-bond acceptors (Lipinski definition) is 4. The first-order valence-electron chi connectivity index (χ1n) is 5.66. The Kier molecular flexibility index (Phi) is 3.87. The summed E-state index contributed by atoms with van der Waals surface area (Å²) in [5.74, 6) is -1.37. The molecule has 2 rings (SSSR count). The van der Waals surface area contributed by atoms with Crippen LogP contribution in [0, 0.1) is 21.4 Å². The van der Waals surface area contributed by atoms with Gasteiger partial charge in [0, 0.05) is 6.07 Å². The van der Waals surface area contributed by atoms with Crippen LogP contribution in [0.3, 0.4) is 0 Å². The third-order valence-electron chi connectivity index (χ3n) is 2.84. The van der Waals surface area contributed by atoms with Crippen molar-refractivity contribution < 1.29 is 14.8 Å². The molecule has 7 heteroatoms. The lowest BCUT2D eigenvalue weighted by atomic mass is 10.0. The van der Waals surface area contributed by atoms with Crippen LogP contribution >= 0.6 is 11.6 Å². The summed E-state index contributed by atoms with van der Waals surface area (Å²) in [5.41, 5.74) is 0.307. The Bertz CT molecular complexity index is 796. The van der Waals surface area contributed by atoms with E-state index in [4.69, 9.17) is 22.0 Å². The molecule has 0 heterocycles.